The molecule has 0 spiro atoms. The number of thioether (sulfide) groups is 1. The summed E-state index contributed by atoms with van der Waals surface area (Å²) in [6.45, 7) is 0.711. The van der Waals surface area contributed by atoms with Crippen LogP contribution in [0.5, 0.6) is 0 Å². The van der Waals surface area contributed by atoms with Crippen LogP contribution in [0.15, 0.2) is 12.1 Å². The first kappa shape index (κ1) is 15.1. The third kappa shape index (κ3) is 3.62. The number of hydrogen-bond donors (Lipinski definition) is 2. The molecule has 0 atom stereocenters. The summed E-state index contributed by atoms with van der Waals surface area (Å²) < 4.78 is 0.201. The third-order valence-corrected chi connectivity index (χ3v) is 5.34. The molecule has 0 unspecified atom stereocenters. The van der Waals surface area contributed by atoms with Gasteiger partial charge in [0, 0.05) is 18.3 Å². The molecule has 1 amide bonds. The Bertz CT molecular complexity index is 443. The summed E-state index contributed by atoms with van der Waals surface area (Å²) in [7, 11) is 1.77. The molecule has 110 valence electrons. The van der Waals surface area contributed by atoms with Gasteiger partial charge in [-0.1, -0.05) is 19.3 Å². The Labute approximate surface area is 124 Å². The molecule has 2 N–H and O–H groups in total. The number of amides is 1. The molecule has 1 aromatic rings. The molecule has 0 saturated heterocycles. The van der Waals surface area contributed by atoms with Gasteiger partial charge in [0.25, 0.3) is 5.91 Å². The molecule has 1 aliphatic rings. The lowest BCUT2D eigenvalue weighted by Gasteiger charge is -2.35. The molecule has 1 heterocycles. The largest absolute Gasteiger partial charge is 0.372 e. The van der Waals surface area contributed by atoms with Gasteiger partial charge >= 0.3 is 0 Å². The molecule has 0 aliphatic heterocycles. The average molecular weight is 294 g/mol. The van der Waals surface area contributed by atoms with Gasteiger partial charge in [-0.05, 0) is 31.2 Å². The van der Waals surface area contributed by atoms with E-state index in [2.05, 4.69) is 27.1 Å². The van der Waals surface area contributed by atoms with E-state index in [1.54, 1.807) is 19.2 Å². The van der Waals surface area contributed by atoms with Crippen molar-refractivity contribution < 1.29 is 4.79 Å². The van der Waals surface area contributed by atoms with E-state index in [4.69, 9.17) is 0 Å². The Balaban J connectivity index is 1.93. The number of nitrogens with one attached hydrogen (secondary N) is 2. The monoisotopic (exact) mass is 294 g/mol. The average Bonchev–Trinajstić information content (AvgIpc) is 2.53. The Hall–Kier alpha value is -1.30. The van der Waals surface area contributed by atoms with Gasteiger partial charge in [0.2, 0.25) is 0 Å². The number of carbonyl (C=O) groups is 1. The van der Waals surface area contributed by atoms with E-state index in [-0.39, 0.29) is 10.7 Å². The summed E-state index contributed by atoms with van der Waals surface area (Å²) in [5, 5.41) is 13.8. The van der Waals surface area contributed by atoms with Crippen LogP contribution in [0, 0.1) is 0 Å². The Morgan fingerprint density at radius 3 is 2.60 bits per heavy atom. The number of rotatable bonds is 5. The highest BCUT2D eigenvalue weighted by atomic mass is 32.2. The van der Waals surface area contributed by atoms with Gasteiger partial charge in [0.05, 0.1) is 0 Å². The van der Waals surface area contributed by atoms with Crippen molar-refractivity contribution >= 4 is 23.5 Å². The maximum absolute atomic E-state index is 12.1. The van der Waals surface area contributed by atoms with Crippen LogP contribution in [-0.4, -0.2) is 40.7 Å². The number of anilines is 1. The zero-order chi connectivity index (χ0) is 14.4. The van der Waals surface area contributed by atoms with E-state index in [9.17, 15) is 4.79 Å². The fourth-order valence-electron chi connectivity index (χ4n) is 2.57. The first-order valence-corrected chi connectivity index (χ1v) is 8.26. The van der Waals surface area contributed by atoms with Crippen molar-refractivity contribution in [1.82, 2.24) is 15.5 Å². The molecule has 6 heteroatoms. The van der Waals surface area contributed by atoms with Gasteiger partial charge in [-0.2, -0.15) is 11.8 Å². The van der Waals surface area contributed by atoms with Crippen molar-refractivity contribution in [3.63, 3.8) is 0 Å². The fourth-order valence-corrected chi connectivity index (χ4v) is 3.48. The number of hydrogen-bond acceptors (Lipinski definition) is 5. The van der Waals surface area contributed by atoms with Crippen molar-refractivity contribution in [2.45, 2.75) is 36.9 Å². The normalized spacial score (nSPS) is 17.5. The highest BCUT2D eigenvalue weighted by molar-refractivity contribution is 8.00. The summed E-state index contributed by atoms with van der Waals surface area (Å²) in [4.78, 5) is 12.1. The quantitative estimate of drug-likeness (QED) is 0.872. The van der Waals surface area contributed by atoms with Gasteiger partial charge < -0.3 is 10.6 Å². The minimum atomic E-state index is -0.140. The standard InChI is InChI=1S/C14H22N4OS/c1-15-12-7-6-11(17-18-12)13(19)16-10-14(20-2)8-4-3-5-9-14/h6-7H,3-5,8-10H2,1-2H3,(H,15,18)(H,16,19). The van der Waals surface area contributed by atoms with Gasteiger partial charge in [0.15, 0.2) is 5.69 Å². The number of carbonyl (C=O) groups excluding carboxylic acids is 1. The second-order valence-corrected chi connectivity index (χ2v) is 6.46. The molecule has 2 rings (SSSR count). The molecule has 1 aromatic heterocycles. The molecule has 1 fully saturated rings. The first-order chi connectivity index (χ1) is 9.69. The Morgan fingerprint density at radius 1 is 1.30 bits per heavy atom. The smallest absolute Gasteiger partial charge is 0.271 e. The molecule has 0 radical (unpaired) electrons. The van der Waals surface area contributed by atoms with Crippen LogP contribution in [0.1, 0.15) is 42.6 Å². The van der Waals surface area contributed by atoms with Crippen LogP contribution >= 0.6 is 11.8 Å². The SMILES string of the molecule is CNc1ccc(C(=O)NCC2(SC)CCCCC2)nn1. The lowest BCUT2D eigenvalue weighted by molar-refractivity contribution is 0.0941. The number of aromatic nitrogens is 2. The summed E-state index contributed by atoms with van der Waals surface area (Å²) in [5.41, 5.74) is 0.371. The minimum absolute atomic E-state index is 0.140. The number of nitrogens with zero attached hydrogens (tertiary/aromatic N) is 2. The van der Waals surface area contributed by atoms with E-state index in [0.717, 1.165) is 0 Å². The van der Waals surface area contributed by atoms with Crippen LogP contribution in [0.2, 0.25) is 0 Å². The highest BCUT2D eigenvalue weighted by Crippen LogP contribution is 2.37. The second kappa shape index (κ2) is 6.92. The van der Waals surface area contributed by atoms with Crippen LogP contribution < -0.4 is 10.6 Å². The lowest BCUT2D eigenvalue weighted by Crippen LogP contribution is -2.42. The minimum Gasteiger partial charge on any atom is -0.372 e. The molecular weight excluding hydrogens is 272 g/mol. The summed E-state index contributed by atoms with van der Waals surface area (Å²) in [6.07, 6.45) is 8.32. The van der Waals surface area contributed by atoms with E-state index in [1.807, 2.05) is 11.8 Å². The van der Waals surface area contributed by atoms with Crippen molar-refractivity contribution in [3.8, 4) is 0 Å². The van der Waals surface area contributed by atoms with Gasteiger partial charge in [-0.25, -0.2) is 0 Å². The maximum Gasteiger partial charge on any atom is 0.271 e. The molecule has 20 heavy (non-hydrogen) atoms. The van der Waals surface area contributed by atoms with Crippen molar-refractivity contribution in [2.75, 3.05) is 25.2 Å². The highest BCUT2D eigenvalue weighted by Gasteiger charge is 2.31. The van der Waals surface area contributed by atoms with Crippen LogP contribution in [0.4, 0.5) is 5.82 Å². The van der Waals surface area contributed by atoms with Crippen LogP contribution in [-0.2, 0) is 0 Å². The molecule has 5 nitrogen and oxygen atoms in total. The van der Waals surface area contributed by atoms with E-state index >= 15 is 0 Å². The van der Waals surface area contributed by atoms with Crippen LogP contribution in [0.3, 0.4) is 0 Å². The van der Waals surface area contributed by atoms with Crippen molar-refractivity contribution in [3.05, 3.63) is 17.8 Å². The zero-order valence-electron chi connectivity index (χ0n) is 12.1. The van der Waals surface area contributed by atoms with E-state index in [0.29, 0.717) is 18.1 Å². The van der Waals surface area contributed by atoms with Gasteiger partial charge in [-0.15, -0.1) is 10.2 Å². The molecule has 0 bridgehead atoms. The maximum atomic E-state index is 12.1. The molecular formula is C14H22N4OS. The third-order valence-electron chi connectivity index (χ3n) is 3.92. The Kier molecular flexibility index (Phi) is 5.23. The summed E-state index contributed by atoms with van der Waals surface area (Å²) >= 11 is 1.88. The molecule has 1 aliphatic carbocycles. The second-order valence-electron chi connectivity index (χ2n) is 5.18. The zero-order valence-corrected chi connectivity index (χ0v) is 12.9. The summed E-state index contributed by atoms with van der Waals surface area (Å²) in [5.74, 6) is 0.522. The Morgan fingerprint density at radius 2 is 2.05 bits per heavy atom. The van der Waals surface area contributed by atoms with Crippen LogP contribution in [0.25, 0.3) is 0 Å². The first-order valence-electron chi connectivity index (χ1n) is 7.04. The molecule has 1 saturated carbocycles. The predicted octanol–water partition coefficient (Wildman–Crippen LogP) is 2.31. The van der Waals surface area contributed by atoms with E-state index in [1.165, 1.54) is 32.1 Å². The van der Waals surface area contributed by atoms with Gasteiger partial charge in [-0.3, -0.25) is 4.79 Å². The lowest BCUT2D eigenvalue weighted by atomic mass is 9.88. The van der Waals surface area contributed by atoms with E-state index < -0.39 is 0 Å². The predicted molar refractivity (Wildman–Crippen MR) is 83.2 cm³/mol. The topological polar surface area (TPSA) is 66.9 Å². The fraction of sp³-hybridized carbons (Fsp3) is 0.643. The van der Waals surface area contributed by atoms with Crippen molar-refractivity contribution in [2.24, 2.45) is 0 Å². The molecule has 0 aromatic carbocycles. The summed E-state index contributed by atoms with van der Waals surface area (Å²) in [6, 6.07) is 3.45. The van der Waals surface area contributed by atoms with Crippen molar-refractivity contribution in [1.29, 1.82) is 0 Å². The van der Waals surface area contributed by atoms with Gasteiger partial charge in [0.1, 0.15) is 5.82 Å².